The number of hydrazine groups is 1. The summed E-state index contributed by atoms with van der Waals surface area (Å²) in [4.78, 5) is 7.91. The molecule has 2 heterocycles. The Morgan fingerprint density at radius 2 is 2.29 bits per heavy atom. The standard InChI is InChI=1S/C8H8BrF3N4O/c9-7-14-5-6(13-2-3-16(5)15-7)17-4-1-8(10,11)12/h2-3,7,15H,1,4H2. The molecule has 0 spiro atoms. The minimum absolute atomic E-state index is 0.0752. The summed E-state index contributed by atoms with van der Waals surface area (Å²) >= 11 is 3.19. The topological polar surface area (TPSA) is 49.2 Å². The van der Waals surface area contributed by atoms with Crippen LogP contribution in [0, 0.1) is 0 Å². The van der Waals surface area contributed by atoms with E-state index in [4.69, 9.17) is 4.74 Å². The molecule has 0 aromatic carbocycles. The second-order valence-corrected chi connectivity index (χ2v) is 4.10. The average Bonchev–Trinajstić information content (AvgIpc) is 2.57. The summed E-state index contributed by atoms with van der Waals surface area (Å²) in [7, 11) is 0. The Labute approximate surface area is 103 Å². The second-order valence-electron chi connectivity index (χ2n) is 3.23. The quantitative estimate of drug-likeness (QED) is 0.624. The highest BCUT2D eigenvalue weighted by molar-refractivity contribution is 9.09. The van der Waals surface area contributed by atoms with E-state index in [-0.39, 0.29) is 11.0 Å². The Balaban J connectivity index is 1.94. The molecule has 0 aromatic rings. The first kappa shape index (κ1) is 12.4. The molecule has 0 amide bonds. The molecule has 9 heteroatoms. The lowest BCUT2D eigenvalue weighted by molar-refractivity contribution is -0.140. The van der Waals surface area contributed by atoms with Gasteiger partial charge in [-0.3, -0.25) is 5.01 Å². The molecule has 0 saturated carbocycles. The van der Waals surface area contributed by atoms with Crippen LogP contribution >= 0.6 is 15.9 Å². The fourth-order valence-corrected chi connectivity index (χ4v) is 1.65. The third-order valence-electron chi connectivity index (χ3n) is 1.93. The number of hydrogen-bond donors (Lipinski definition) is 1. The van der Waals surface area contributed by atoms with Crippen molar-refractivity contribution in [3.63, 3.8) is 0 Å². The molecule has 2 aliphatic rings. The summed E-state index contributed by atoms with van der Waals surface area (Å²) < 4.78 is 40.8. The average molecular weight is 313 g/mol. The lowest BCUT2D eigenvalue weighted by Gasteiger charge is -2.19. The maximum Gasteiger partial charge on any atom is 0.392 e. The molecule has 0 aliphatic carbocycles. The van der Waals surface area contributed by atoms with Crippen molar-refractivity contribution < 1.29 is 17.9 Å². The van der Waals surface area contributed by atoms with E-state index in [1.807, 2.05) is 0 Å². The van der Waals surface area contributed by atoms with Gasteiger partial charge in [0.25, 0.3) is 5.90 Å². The van der Waals surface area contributed by atoms with Crippen LogP contribution in [0.4, 0.5) is 13.2 Å². The predicted octanol–water partition coefficient (Wildman–Crippen LogP) is 1.74. The highest BCUT2D eigenvalue weighted by Crippen LogP contribution is 2.20. The van der Waals surface area contributed by atoms with Crippen LogP contribution < -0.4 is 5.43 Å². The zero-order chi connectivity index (χ0) is 12.5. The van der Waals surface area contributed by atoms with Crippen LogP contribution in [0.1, 0.15) is 6.42 Å². The molecular weight excluding hydrogens is 305 g/mol. The maximum absolute atomic E-state index is 11.9. The Morgan fingerprint density at radius 3 is 3.00 bits per heavy atom. The van der Waals surface area contributed by atoms with Crippen molar-refractivity contribution in [1.82, 2.24) is 10.4 Å². The van der Waals surface area contributed by atoms with Crippen molar-refractivity contribution in [2.75, 3.05) is 6.61 Å². The Bertz CT molecular complexity index is 393. The third kappa shape index (κ3) is 3.19. The second kappa shape index (κ2) is 4.65. The van der Waals surface area contributed by atoms with E-state index in [1.54, 1.807) is 6.20 Å². The van der Waals surface area contributed by atoms with E-state index in [1.165, 1.54) is 11.2 Å². The number of aliphatic imine (C=N–C) groups is 2. The first-order valence-electron chi connectivity index (χ1n) is 4.67. The molecule has 1 unspecified atom stereocenters. The van der Waals surface area contributed by atoms with Gasteiger partial charge < -0.3 is 4.74 Å². The normalized spacial score (nSPS) is 23.3. The predicted molar refractivity (Wildman–Crippen MR) is 58.3 cm³/mol. The minimum Gasteiger partial charge on any atom is -0.475 e. The molecule has 0 aromatic heterocycles. The van der Waals surface area contributed by atoms with Gasteiger partial charge in [0.05, 0.1) is 13.0 Å². The van der Waals surface area contributed by atoms with Gasteiger partial charge in [-0.05, 0) is 15.9 Å². The third-order valence-corrected chi connectivity index (χ3v) is 2.34. The van der Waals surface area contributed by atoms with Gasteiger partial charge in [-0.25, -0.2) is 9.98 Å². The number of ether oxygens (including phenoxy) is 1. The number of amidine groups is 1. The lowest BCUT2D eigenvalue weighted by Crippen LogP contribution is -2.40. The van der Waals surface area contributed by atoms with Gasteiger partial charge >= 0.3 is 6.18 Å². The van der Waals surface area contributed by atoms with Gasteiger partial charge in [0.2, 0.25) is 5.84 Å². The highest BCUT2D eigenvalue weighted by atomic mass is 79.9. The molecular formula is C8H8BrF3N4O. The molecule has 94 valence electrons. The van der Waals surface area contributed by atoms with Gasteiger partial charge in [0.15, 0.2) is 5.08 Å². The summed E-state index contributed by atoms with van der Waals surface area (Å²) in [5.74, 6) is 0.433. The number of nitrogens with one attached hydrogen (secondary N) is 1. The van der Waals surface area contributed by atoms with Gasteiger partial charge in [-0.2, -0.15) is 18.6 Å². The van der Waals surface area contributed by atoms with Gasteiger partial charge in [-0.1, -0.05) is 0 Å². The van der Waals surface area contributed by atoms with E-state index in [0.717, 1.165) is 0 Å². The zero-order valence-corrected chi connectivity index (χ0v) is 9.99. The van der Waals surface area contributed by atoms with Crippen LogP contribution in [0.3, 0.4) is 0 Å². The Morgan fingerprint density at radius 1 is 1.53 bits per heavy atom. The number of alkyl halides is 4. The number of nitrogens with zero attached hydrogens (tertiary/aromatic N) is 3. The number of fused-ring (bicyclic) bond motifs is 1. The van der Waals surface area contributed by atoms with E-state index in [9.17, 15) is 13.2 Å². The summed E-state index contributed by atoms with van der Waals surface area (Å²) in [6.45, 7) is -0.476. The smallest absolute Gasteiger partial charge is 0.392 e. The molecule has 1 atom stereocenters. The molecule has 5 nitrogen and oxygen atoms in total. The van der Waals surface area contributed by atoms with Crippen molar-refractivity contribution in [3.8, 4) is 0 Å². The van der Waals surface area contributed by atoms with Gasteiger partial charge in [0.1, 0.15) is 0 Å². The molecule has 2 rings (SSSR count). The summed E-state index contributed by atoms with van der Waals surface area (Å²) in [5, 5.41) is 1.19. The van der Waals surface area contributed by atoms with Crippen molar-refractivity contribution in [2.24, 2.45) is 9.98 Å². The molecule has 0 radical (unpaired) electrons. The fraction of sp³-hybridized carbons (Fsp3) is 0.500. The monoisotopic (exact) mass is 312 g/mol. The van der Waals surface area contributed by atoms with Crippen LogP contribution in [0.25, 0.3) is 0 Å². The summed E-state index contributed by atoms with van der Waals surface area (Å²) in [6.07, 6.45) is -2.25. The van der Waals surface area contributed by atoms with Crippen molar-refractivity contribution in [1.29, 1.82) is 0 Å². The van der Waals surface area contributed by atoms with Crippen LogP contribution in [0.5, 0.6) is 0 Å². The van der Waals surface area contributed by atoms with Crippen molar-refractivity contribution in [3.05, 3.63) is 12.4 Å². The first-order valence-corrected chi connectivity index (χ1v) is 5.59. The largest absolute Gasteiger partial charge is 0.475 e. The number of rotatable bonds is 2. The van der Waals surface area contributed by atoms with E-state index in [2.05, 4.69) is 31.3 Å². The van der Waals surface area contributed by atoms with Crippen LogP contribution in [0.15, 0.2) is 22.4 Å². The Kier molecular flexibility index (Phi) is 3.38. The minimum atomic E-state index is -4.24. The molecule has 1 N–H and O–H groups in total. The van der Waals surface area contributed by atoms with E-state index < -0.39 is 19.2 Å². The van der Waals surface area contributed by atoms with Crippen LogP contribution in [-0.2, 0) is 4.74 Å². The lowest BCUT2D eigenvalue weighted by atomic mass is 10.4. The number of halogens is 4. The van der Waals surface area contributed by atoms with Crippen molar-refractivity contribution in [2.45, 2.75) is 17.7 Å². The summed E-state index contributed by atoms with van der Waals surface area (Å²) in [6, 6.07) is 0. The summed E-state index contributed by atoms with van der Waals surface area (Å²) in [5.41, 5.74) is 2.87. The van der Waals surface area contributed by atoms with Crippen LogP contribution in [0.2, 0.25) is 0 Å². The first-order chi connectivity index (χ1) is 7.96. The van der Waals surface area contributed by atoms with Crippen LogP contribution in [-0.4, -0.2) is 34.6 Å². The van der Waals surface area contributed by atoms with Gasteiger partial charge in [0, 0.05) is 12.4 Å². The molecule has 0 fully saturated rings. The van der Waals surface area contributed by atoms with E-state index in [0.29, 0.717) is 5.84 Å². The SMILES string of the molecule is FC(F)(F)CCOC1=NC=CN2NC(Br)N=C12. The molecule has 17 heavy (non-hydrogen) atoms. The maximum atomic E-state index is 11.9. The molecule has 0 saturated heterocycles. The zero-order valence-electron chi connectivity index (χ0n) is 8.41. The van der Waals surface area contributed by atoms with E-state index >= 15 is 0 Å². The highest BCUT2D eigenvalue weighted by Gasteiger charge is 2.30. The molecule has 0 bridgehead atoms. The molecule has 2 aliphatic heterocycles. The Hall–Kier alpha value is -1.09. The number of hydrogen-bond acceptors (Lipinski definition) is 5. The van der Waals surface area contributed by atoms with Crippen molar-refractivity contribution >= 4 is 27.7 Å². The fourth-order valence-electron chi connectivity index (χ4n) is 1.24. The van der Waals surface area contributed by atoms with Gasteiger partial charge in [-0.15, -0.1) is 0 Å².